The minimum Gasteiger partial charge on any atom is -0.497 e. The van der Waals surface area contributed by atoms with Crippen LogP contribution in [0.5, 0.6) is 11.5 Å². The first kappa shape index (κ1) is 17.1. The number of carbonyl (C=O) groups excluding carboxylic acids is 2. The van der Waals surface area contributed by atoms with Crippen LogP contribution in [0.2, 0.25) is 0 Å². The molecular formula is C17H19N3O4. The first-order valence-electron chi connectivity index (χ1n) is 7.19. The first-order chi connectivity index (χ1) is 11.5. The summed E-state index contributed by atoms with van der Waals surface area (Å²) >= 11 is 0. The van der Waals surface area contributed by atoms with Gasteiger partial charge in [-0.1, -0.05) is 0 Å². The van der Waals surface area contributed by atoms with E-state index in [9.17, 15) is 9.59 Å². The zero-order chi connectivity index (χ0) is 17.5. The summed E-state index contributed by atoms with van der Waals surface area (Å²) in [5.74, 6) is 0.969. The van der Waals surface area contributed by atoms with Crippen LogP contribution in [0, 0.1) is 0 Å². The second-order valence-electron chi connectivity index (χ2n) is 4.90. The van der Waals surface area contributed by atoms with E-state index in [4.69, 9.17) is 9.47 Å². The predicted molar refractivity (Wildman–Crippen MR) is 92.9 cm³/mol. The quantitative estimate of drug-likeness (QED) is 0.785. The van der Waals surface area contributed by atoms with E-state index in [1.54, 1.807) is 49.6 Å². The molecule has 7 nitrogen and oxygen atoms in total. The predicted octanol–water partition coefficient (Wildman–Crippen LogP) is 3.31. The van der Waals surface area contributed by atoms with E-state index in [-0.39, 0.29) is 5.91 Å². The molecule has 3 amide bonds. The summed E-state index contributed by atoms with van der Waals surface area (Å²) in [5.41, 5.74) is 1.73. The number of nitrogens with one attached hydrogen (secondary N) is 3. The van der Waals surface area contributed by atoms with Gasteiger partial charge in [0, 0.05) is 24.4 Å². The zero-order valence-electron chi connectivity index (χ0n) is 13.7. The Balaban J connectivity index is 2.04. The van der Waals surface area contributed by atoms with Crippen LogP contribution in [0.1, 0.15) is 6.92 Å². The average Bonchev–Trinajstić information content (AvgIpc) is 2.56. The second-order valence-corrected chi connectivity index (χ2v) is 4.90. The van der Waals surface area contributed by atoms with Crippen LogP contribution in [-0.2, 0) is 4.79 Å². The van der Waals surface area contributed by atoms with Gasteiger partial charge in [-0.3, -0.25) is 4.79 Å². The molecule has 2 aromatic carbocycles. The monoisotopic (exact) mass is 329 g/mol. The number of rotatable bonds is 5. The van der Waals surface area contributed by atoms with Gasteiger partial charge in [0.1, 0.15) is 11.5 Å². The molecule has 0 aromatic heterocycles. The number of urea groups is 1. The summed E-state index contributed by atoms with van der Waals surface area (Å²) in [6.45, 7) is 1.43. The third-order valence-electron chi connectivity index (χ3n) is 3.12. The van der Waals surface area contributed by atoms with Crippen molar-refractivity contribution >= 4 is 29.0 Å². The maximum atomic E-state index is 12.1. The van der Waals surface area contributed by atoms with Crippen LogP contribution >= 0.6 is 0 Å². The van der Waals surface area contributed by atoms with E-state index in [2.05, 4.69) is 16.0 Å². The van der Waals surface area contributed by atoms with Crippen LogP contribution in [0.3, 0.4) is 0 Å². The van der Waals surface area contributed by atoms with Gasteiger partial charge < -0.3 is 25.4 Å². The fraction of sp³-hybridized carbons (Fsp3) is 0.176. The maximum absolute atomic E-state index is 12.1. The van der Waals surface area contributed by atoms with Crippen molar-refractivity contribution in [2.24, 2.45) is 0 Å². The van der Waals surface area contributed by atoms with E-state index < -0.39 is 6.03 Å². The summed E-state index contributed by atoms with van der Waals surface area (Å²) in [6, 6.07) is 11.5. The molecule has 0 fully saturated rings. The van der Waals surface area contributed by atoms with Crippen molar-refractivity contribution in [1.29, 1.82) is 0 Å². The molecule has 0 aliphatic heterocycles. The largest absolute Gasteiger partial charge is 0.497 e. The molecule has 2 rings (SSSR count). The first-order valence-corrected chi connectivity index (χ1v) is 7.19. The van der Waals surface area contributed by atoms with Gasteiger partial charge in [0.05, 0.1) is 19.9 Å². The number of amides is 3. The van der Waals surface area contributed by atoms with Crippen molar-refractivity contribution in [2.45, 2.75) is 6.92 Å². The smallest absolute Gasteiger partial charge is 0.323 e. The molecule has 0 saturated carbocycles. The molecule has 0 aliphatic rings. The summed E-state index contributed by atoms with van der Waals surface area (Å²) in [4.78, 5) is 23.1. The van der Waals surface area contributed by atoms with Gasteiger partial charge in [0.25, 0.3) is 0 Å². The Morgan fingerprint density at radius 3 is 2.00 bits per heavy atom. The van der Waals surface area contributed by atoms with Crippen molar-refractivity contribution in [2.75, 3.05) is 30.2 Å². The van der Waals surface area contributed by atoms with E-state index in [1.807, 2.05) is 0 Å². The number of hydrogen-bond donors (Lipinski definition) is 3. The summed E-state index contributed by atoms with van der Waals surface area (Å²) in [5, 5.41) is 8.06. The van der Waals surface area contributed by atoms with Crippen molar-refractivity contribution in [1.82, 2.24) is 0 Å². The van der Waals surface area contributed by atoms with Crippen LogP contribution in [0.15, 0.2) is 42.5 Å². The molecule has 0 bridgehead atoms. The highest BCUT2D eigenvalue weighted by Gasteiger charge is 2.09. The maximum Gasteiger partial charge on any atom is 0.323 e. The number of carbonyl (C=O) groups is 2. The van der Waals surface area contributed by atoms with Crippen molar-refractivity contribution in [3.05, 3.63) is 42.5 Å². The molecule has 126 valence electrons. The van der Waals surface area contributed by atoms with Crippen LogP contribution < -0.4 is 25.4 Å². The lowest BCUT2D eigenvalue weighted by molar-refractivity contribution is -0.114. The molecule has 24 heavy (non-hydrogen) atoms. The SMILES string of the molecule is COc1ccc(OC)c(NC(=O)Nc2ccc(NC(C)=O)cc2)c1. The number of hydrogen-bond acceptors (Lipinski definition) is 4. The molecule has 0 saturated heterocycles. The van der Waals surface area contributed by atoms with Gasteiger partial charge in [-0.2, -0.15) is 0 Å². The van der Waals surface area contributed by atoms with E-state index >= 15 is 0 Å². The van der Waals surface area contributed by atoms with E-state index in [0.717, 1.165) is 0 Å². The Bertz CT molecular complexity index is 729. The molecule has 7 heteroatoms. The molecule has 3 N–H and O–H groups in total. The van der Waals surface area contributed by atoms with Gasteiger partial charge in [-0.05, 0) is 36.4 Å². The van der Waals surface area contributed by atoms with Gasteiger partial charge in [-0.25, -0.2) is 4.79 Å². The molecule has 0 aliphatic carbocycles. The lowest BCUT2D eigenvalue weighted by Crippen LogP contribution is -2.19. The second kappa shape index (κ2) is 7.87. The number of ether oxygens (including phenoxy) is 2. The normalized spacial score (nSPS) is 9.79. The molecule has 0 heterocycles. The van der Waals surface area contributed by atoms with Crippen molar-refractivity contribution in [3.63, 3.8) is 0 Å². The molecule has 0 spiro atoms. The highest BCUT2D eigenvalue weighted by atomic mass is 16.5. The molecular weight excluding hydrogens is 310 g/mol. The molecule has 0 unspecified atom stereocenters. The van der Waals surface area contributed by atoms with Gasteiger partial charge in [0.15, 0.2) is 0 Å². The molecule has 0 radical (unpaired) electrons. The highest BCUT2D eigenvalue weighted by Crippen LogP contribution is 2.29. The van der Waals surface area contributed by atoms with Crippen LogP contribution in [0.4, 0.5) is 21.9 Å². The van der Waals surface area contributed by atoms with Crippen molar-refractivity contribution in [3.8, 4) is 11.5 Å². The Labute approximate surface area is 140 Å². The fourth-order valence-corrected chi connectivity index (χ4v) is 2.04. The highest BCUT2D eigenvalue weighted by molar-refractivity contribution is 6.01. The molecule has 2 aromatic rings. The third-order valence-corrected chi connectivity index (χ3v) is 3.12. The third kappa shape index (κ3) is 4.64. The summed E-state index contributed by atoms with van der Waals surface area (Å²) < 4.78 is 10.3. The van der Waals surface area contributed by atoms with Gasteiger partial charge in [-0.15, -0.1) is 0 Å². The van der Waals surface area contributed by atoms with Gasteiger partial charge in [0.2, 0.25) is 5.91 Å². The number of benzene rings is 2. The zero-order valence-corrected chi connectivity index (χ0v) is 13.7. The number of methoxy groups -OCH3 is 2. The summed E-state index contributed by atoms with van der Waals surface area (Å²) in [7, 11) is 3.06. The van der Waals surface area contributed by atoms with Gasteiger partial charge >= 0.3 is 6.03 Å². The summed E-state index contributed by atoms with van der Waals surface area (Å²) in [6.07, 6.45) is 0. The van der Waals surface area contributed by atoms with E-state index in [1.165, 1.54) is 14.0 Å². The minimum atomic E-state index is -0.422. The van der Waals surface area contributed by atoms with Crippen LogP contribution in [-0.4, -0.2) is 26.2 Å². The Morgan fingerprint density at radius 1 is 0.833 bits per heavy atom. The Kier molecular flexibility index (Phi) is 5.62. The van der Waals surface area contributed by atoms with E-state index in [0.29, 0.717) is 28.6 Å². The lowest BCUT2D eigenvalue weighted by atomic mass is 10.2. The fourth-order valence-electron chi connectivity index (χ4n) is 2.04. The number of anilines is 3. The standard InChI is InChI=1S/C17H19N3O4/c1-11(21)18-12-4-6-13(7-5-12)19-17(22)20-15-10-14(23-2)8-9-16(15)24-3/h4-10H,1-3H3,(H,18,21)(H2,19,20,22). The van der Waals surface area contributed by atoms with Crippen molar-refractivity contribution < 1.29 is 19.1 Å². The topological polar surface area (TPSA) is 88.7 Å². The lowest BCUT2D eigenvalue weighted by Gasteiger charge is -2.12. The Morgan fingerprint density at radius 2 is 1.46 bits per heavy atom. The van der Waals surface area contributed by atoms with Crippen LogP contribution in [0.25, 0.3) is 0 Å². The minimum absolute atomic E-state index is 0.154. The Hall–Kier alpha value is -3.22. The average molecular weight is 329 g/mol. The molecule has 0 atom stereocenters.